The maximum absolute atomic E-state index is 13.0. The number of carbonyl (C=O) groups is 1. The second kappa shape index (κ2) is 11.8. The average molecular weight is 540 g/mol. The molecule has 0 spiro atoms. The number of nitrogens with one attached hydrogen (secondary N) is 3. The molecule has 0 saturated carbocycles. The molecule has 2 amide bonds. The van der Waals surface area contributed by atoms with Crippen molar-refractivity contribution in [2.45, 2.75) is 52.7 Å². The molecule has 0 fully saturated rings. The van der Waals surface area contributed by atoms with E-state index in [2.05, 4.69) is 78.8 Å². The number of urea groups is 1. The van der Waals surface area contributed by atoms with Gasteiger partial charge in [0.05, 0.1) is 5.69 Å². The van der Waals surface area contributed by atoms with Gasteiger partial charge in [0, 0.05) is 54.9 Å². The minimum Gasteiger partial charge on any atom is -0.457 e. The average Bonchev–Trinajstić information content (AvgIpc) is 3.33. The van der Waals surface area contributed by atoms with Gasteiger partial charge in [-0.3, -0.25) is 4.68 Å². The molecule has 0 radical (unpaired) electrons. The number of nitrogens with zero attached hydrogens (tertiary/aromatic N) is 4. The van der Waals surface area contributed by atoms with Crippen molar-refractivity contribution in [1.82, 2.24) is 19.7 Å². The third-order valence-electron chi connectivity index (χ3n) is 6.71. The van der Waals surface area contributed by atoms with Crippen molar-refractivity contribution in [3.8, 4) is 22.8 Å². The van der Waals surface area contributed by atoms with E-state index in [9.17, 15) is 4.79 Å². The van der Waals surface area contributed by atoms with Crippen molar-refractivity contribution in [2.24, 2.45) is 0 Å². The van der Waals surface area contributed by atoms with Crippen LogP contribution in [0.25, 0.3) is 11.3 Å². The van der Waals surface area contributed by atoms with Crippen molar-refractivity contribution < 1.29 is 9.53 Å². The van der Waals surface area contributed by atoms with E-state index in [-0.39, 0.29) is 18.1 Å². The van der Waals surface area contributed by atoms with Gasteiger partial charge in [-0.25, -0.2) is 9.78 Å². The summed E-state index contributed by atoms with van der Waals surface area (Å²) in [4.78, 5) is 19.6. The number of hydrogen-bond acceptors (Lipinski definition) is 6. The molecule has 9 heteroatoms. The summed E-state index contributed by atoms with van der Waals surface area (Å²) in [6, 6.07) is 17.5. The third kappa shape index (κ3) is 6.60. The molecule has 208 valence electrons. The Kier molecular flexibility index (Phi) is 8.02. The Morgan fingerprint density at radius 2 is 1.75 bits per heavy atom. The van der Waals surface area contributed by atoms with E-state index in [1.54, 1.807) is 12.3 Å². The van der Waals surface area contributed by atoms with Gasteiger partial charge < -0.3 is 25.6 Å². The first kappa shape index (κ1) is 27.2. The first-order valence-corrected chi connectivity index (χ1v) is 13.7. The lowest BCUT2D eigenvalue weighted by Crippen LogP contribution is -2.26. The standard InChI is InChI=1S/C31H37N7O2/c1-20(2)33-29-17-27(12-14-32-29)40-26-10-8-25(9-11-26)34-31(39)35-28-19-38(21(3)4)36-30(28)23-6-7-24-18-37(5)15-13-22(24)16-23/h6-12,14,16-17,19-21H,13,15,18H2,1-5H3,(H,32,33)(H2,34,35,39). The Balaban J connectivity index is 1.27. The molecule has 2 aromatic carbocycles. The van der Waals surface area contributed by atoms with Crippen LogP contribution in [0.4, 0.5) is 22.0 Å². The highest BCUT2D eigenvalue weighted by Crippen LogP contribution is 2.31. The first-order valence-electron chi connectivity index (χ1n) is 13.7. The van der Waals surface area contributed by atoms with Crippen LogP contribution in [0.1, 0.15) is 44.9 Å². The van der Waals surface area contributed by atoms with Crippen LogP contribution in [0.3, 0.4) is 0 Å². The summed E-state index contributed by atoms with van der Waals surface area (Å²) in [7, 11) is 2.14. The number of rotatable bonds is 8. The highest BCUT2D eigenvalue weighted by atomic mass is 16.5. The van der Waals surface area contributed by atoms with E-state index in [1.165, 1.54) is 11.1 Å². The van der Waals surface area contributed by atoms with Gasteiger partial charge in [0.2, 0.25) is 0 Å². The smallest absolute Gasteiger partial charge is 0.323 e. The molecule has 1 aliphatic rings. The summed E-state index contributed by atoms with van der Waals surface area (Å²) >= 11 is 0. The van der Waals surface area contributed by atoms with Crippen molar-refractivity contribution in [3.63, 3.8) is 0 Å². The zero-order valence-electron chi connectivity index (χ0n) is 23.7. The SMILES string of the molecule is CC(C)Nc1cc(Oc2ccc(NC(=O)Nc3cn(C(C)C)nc3-c3ccc4c(c3)CCN(C)C4)cc2)ccn1. The summed E-state index contributed by atoms with van der Waals surface area (Å²) < 4.78 is 7.85. The van der Waals surface area contributed by atoms with Crippen LogP contribution in [-0.2, 0) is 13.0 Å². The van der Waals surface area contributed by atoms with Crippen LogP contribution >= 0.6 is 0 Å². The minimum absolute atomic E-state index is 0.161. The third-order valence-corrected chi connectivity index (χ3v) is 6.71. The Hall–Kier alpha value is -4.37. The van der Waals surface area contributed by atoms with Crippen molar-refractivity contribution in [2.75, 3.05) is 29.5 Å². The van der Waals surface area contributed by atoms with Gasteiger partial charge in [-0.15, -0.1) is 0 Å². The van der Waals surface area contributed by atoms with E-state index in [0.717, 1.165) is 36.6 Å². The lowest BCUT2D eigenvalue weighted by Gasteiger charge is -2.25. The number of carbonyl (C=O) groups excluding carboxylic acids is 1. The number of hydrogen-bond donors (Lipinski definition) is 3. The van der Waals surface area contributed by atoms with Gasteiger partial charge in [0.25, 0.3) is 0 Å². The lowest BCUT2D eigenvalue weighted by molar-refractivity contribution is 0.262. The van der Waals surface area contributed by atoms with Gasteiger partial charge in [0.1, 0.15) is 23.0 Å². The van der Waals surface area contributed by atoms with Crippen molar-refractivity contribution >= 4 is 23.2 Å². The highest BCUT2D eigenvalue weighted by Gasteiger charge is 2.19. The van der Waals surface area contributed by atoms with E-state index < -0.39 is 0 Å². The van der Waals surface area contributed by atoms with Gasteiger partial charge in [-0.1, -0.05) is 12.1 Å². The predicted molar refractivity (Wildman–Crippen MR) is 160 cm³/mol. The molecule has 9 nitrogen and oxygen atoms in total. The fourth-order valence-corrected chi connectivity index (χ4v) is 4.68. The van der Waals surface area contributed by atoms with Gasteiger partial charge in [0.15, 0.2) is 0 Å². The summed E-state index contributed by atoms with van der Waals surface area (Å²) in [5.74, 6) is 2.10. The second-order valence-electron chi connectivity index (χ2n) is 10.8. The summed E-state index contributed by atoms with van der Waals surface area (Å²) in [5.41, 5.74) is 5.77. The Morgan fingerprint density at radius 1 is 0.950 bits per heavy atom. The molecule has 40 heavy (non-hydrogen) atoms. The van der Waals surface area contributed by atoms with Crippen LogP contribution in [0.15, 0.2) is 67.0 Å². The molecule has 0 bridgehead atoms. The Morgan fingerprint density at radius 3 is 2.50 bits per heavy atom. The summed E-state index contributed by atoms with van der Waals surface area (Å²) in [5, 5.41) is 14.0. The molecule has 0 aliphatic carbocycles. The second-order valence-corrected chi connectivity index (χ2v) is 10.8. The van der Waals surface area contributed by atoms with Crippen LogP contribution in [0.5, 0.6) is 11.5 Å². The van der Waals surface area contributed by atoms with Crippen LogP contribution < -0.4 is 20.7 Å². The molecule has 1 aliphatic heterocycles. The largest absolute Gasteiger partial charge is 0.457 e. The number of benzene rings is 2. The normalized spacial score (nSPS) is 13.3. The number of amides is 2. The van der Waals surface area contributed by atoms with E-state index >= 15 is 0 Å². The van der Waals surface area contributed by atoms with E-state index in [0.29, 0.717) is 22.9 Å². The van der Waals surface area contributed by atoms with Crippen molar-refractivity contribution in [1.29, 1.82) is 0 Å². The zero-order chi connectivity index (χ0) is 28.2. The molecular formula is C31H37N7O2. The van der Waals surface area contributed by atoms with Crippen molar-refractivity contribution in [3.05, 3.63) is 78.1 Å². The number of pyridine rings is 1. The number of likely N-dealkylation sites (N-methyl/N-ethyl adjacent to an activating group) is 1. The molecule has 4 aromatic rings. The Bertz CT molecular complexity index is 1480. The summed E-state index contributed by atoms with van der Waals surface area (Å²) in [6.07, 6.45) is 4.60. The highest BCUT2D eigenvalue weighted by molar-refractivity contribution is 6.01. The maximum atomic E-state index is 13.0. The molecule has 0 atom stereocenters. The number of fused-ring (bicyclic) bond motifs is 1. The quantitative estimate of drug-likeness (QED) is 0.229. The minimum atomic E-state index is -0.337. The topological polar surface area (TPSA) is 96.3 Å². The molecule has 0 saturated heterocycles. The van der Waals surface area contributed by atoms with Crippen LogP contribution in [0.2, 0.25) is 0 Å². The van der Waals surface area contributed by atoms with E-state index in [1.807, 2.05) is 41.2 Å². The molecular weight excluding hydrogens is 502 g/mol. The molecule has 3 N–H and O–H groups in total. The predicted octanol–water partition coefficient (Wildman–Crippen LogP) is 6.77. The maximum Gasteiger partial charge on any atom is 0.323 e. The number of aromatic nitrogens is 3. The fraction of sp³-hybridized carbons (Fsp3) is 0.323. The number of anilines is 3. The molecule has 3 heterocycles. The monoisotopic (exact) mass is 539 g/mol. The Labute approximate surface area is 235 Å². The fourth-order valence-electron chi connectivity index (χ4n) is 4.68. The van der Waals surface area contributed by atoms with E-state index in [4.69, 9.17) is 9.84 Å². The lowest BCUT2D eigenvalue weighted by atomic mass is 9.96. The molecule has 0 unspecified atom stereocenters. The zero-order valence-corrected chi connectivity index (χ0v) is 23.7. The van der Waals surface area contributed by atoms with Gasteiger partial charge >= 0.3 is 6.03 Å². The van der Waals surface area contributed by atoms with Gasteiger partial charge in [-0.05, 0) is 88.7 Å². The first-order chi connectivity index (χ1) is 19.2. The molecule has 2 aromatic heterocycles. The van der Waals surface area contributed by atoms with Crippen LogP contribution in [-0.4, -0.2) is 45.3 Å². The van der Waals surface area contributed by atoms with Crippen LogP contribution in [0, 0.1) is 0 Å². The summed E-state index contributed by atoms with van der Waals surface area (Å²) in [6.45, 7) is 10.2. The number of ether oxygens (including phenoxy) is 1. The molecule has 5 rings (SSSR count). The van der Waals surface area contributed by atoms with Gasteiger partial charge in [-0.2, -0.15) is 5.10 Å².